The Bertz CT molecular complexity index is 1270. The van der Waals surface area contributed by atoms with Crippen LogP contribution in [0.1, 0.15) is 17.9 Å². The molecule has 2 N–H and O–H groups in total. The first-order valence-corrected chi connectivity index (χ1v) is 11.7. The van der Waals surface area contributed by atoms with Crippen LogP contribution in [-0.2, 0) is 9.84 Å². The third-order valence-electron chi connectivity index (χ3n) is 5.46. The van der Waals surface area contributed by atoms with Crippen molar-refractivity contribution in [2.45, 2.75) is 23.3 Å². The number of halogens is 3. The molecule has 0 unspecified atom stereocenters. The second-order valence-corrected chi connectivity index (χ2v) is 9.72. The highest BCUT2D eigenvalue weighted by atomic mass is 32.2. The lowest BCUT2D eigenvalue weighted by molar-refractivity contribution is 0.414. The van der Waals surface area contributed by atoms with Gasteiger partial charge in [-0.1, -0.05) is 12.1 Å². The molecule has 0 aliphatic carbocycles. The standard InChI is InChI=1S/C21H20F3N5O2S/c1-32(30,31)13-4-2-3-12(7-13)20-26-11-27-21(28-20)29-6-5-14(19(25)10-29)15-8-17(23)18(24)9-16(15)22/h2-4,7-9,11,14,19H,5-6,10,25H2,1H3/t14-,19+/m1/s1. The van der Waals surface area contributed by atoms with Crippen molar-refractivity contribution in [3.8, 4) is 11.4 Å². The van der Waals surface area contributed by atoms with Crippen molar-refractivity contribution in [3.63, 3.8) is 0 Å². The Balaban J connectivity index is 1.56. The fourth-order valence-electron chi connectivity index (χ4n) is 3.82. The highest BCUT2D eigenvalue weighted by Gasteiger charge is 2.31. The minimum absolute atomic E-state index is 0.0463. The lowest BCUT2D eigenvalue weighted by Crippen LogP contribution is -2.48. The monoisotopic (exact) mass is 463 g/mol. The van der Waals surface area contributed by atoms with Crippen molar-refractivity contribution < 1.29 is 21.6 Å². The molecule has 0 radical (unpaired) electrons. The lowest BCUT2D eigenvalue weighted by Gasteiger charge is -2.37. The fraction of sp³-hybridized carbons (Fsp3) is 0.286. The van der Waals surface area contributed by atoms with Crippen LogP contribution < -0.4 is 10.6 Å². The molecule has 1 aliphatic rings. The van der Waals surface area contributed by atoms with Crippen LogP contribution in [0.4, 0.5) is 19.1 Å². The predicted molar refractivity (Wildman–Crippen MR) is 112 cm³/mol. The third kappa shape index (κ3) is 4.44. The molecule has 1 fully saturated rings. The average molecular weight is 463 g/mol. The molecular weight excluding hydrogens is 443 g/mol. The molecule has 32 heavy (non-hydrogen) atoms. The molecule has 4 rings (SSSR count). The highest BCUT2D eigenvalue weighted by Crippen LogP contribution is 2.32. The zero-order valence-electron chi connectivity index (χ0n) is 17.0. The van der Waals surface area contributed by atoms with Gasteiger partial charge in [0, 0.05) is 42.9 Å². The van der Waals surface area contributed by atoms with E-state index in [1.54, 1.807) is 17.0 Å². The SMILES string of the molecule is CS(=O)(=O)c1cccc(-c2ncnc(N3CC[C@H](c4cc(F)c(F)cc4F)[C@@H](N)C3)n2)c1. The molecule has 0 amide bonds. The van der Waals surface area contributed by atoms with Crippen LogP contribution in [0.5, 0.6) is 0 Å². The summed E-state index contributed by atoms with van der Waals surface area (Å²) in [5.74, 6) is -3.05. The van der Waals surface area contributed by atoms with Gasteiger partial charge in [0.1, 0.15) is 12.1 Å². The van der Waals surface area contributed by atoms with E-state index in [2.05, 4.69) is 15.0 Å². The Hall–Kier alpha value is -3.05. The number of rotatable bonds is 4. The van der Waals surface area contributed by atoms with Crippen LogP contribution in [0.2, 0.25) is 0 Å². The van der Waals surface area contributed by atoms with Gasteiger partial charge < -0.3 is 10.6 Å². The number of sulfone groups is 1. The van der Waals surface area contributed by atoms with Gasteiger partial charge in [0.2, 0.25) is 5.95 Å². The molecule has 1 saturated heterocycles. The number of piperidine rings is 1. The molecule has 7 nitrogen and oxygen atoms in total. The molecular formula is C21H20F3N5O2S. The second-order valence-electron chi connectivity index (χ2n) is 7.70. The van der Waals surface area contributed by atoms with Gasteiger partial charge in [-0.3, -0.25) is 0 Å². The van der Waals surface area contributed by atoms with Crippen LogP contribution >= 0.6 is 0 Å². The number of nitrogens with two attached hydrogens (primary N) is 1. The topological polar surface area (TPSA) is 102 Å². The summed E-state index contributed by atoms with van der Waals surface area (Å²) in [5, 5.41) is 0. The molecule has 3 aromatic rings. The fourth-order valence-corrected chi connectivity index (χ4v) is 4.48. The maximum atomic E-state index is 14.2. The summed E-state index contributed by atoms with van der Waals surface area (Å²) < 4.78 is 64.8. The van der Waals surface area contributed by atoms with E-state index < -0.39 is 39.2 Å². The van der Waals surface area contributed by atoms with Gasteiger partial charge in [0.25, 0.3) is 0 Å². The Morgan fingerprint density at radius 1 is 1.06 bits per heavy atom. The van der Waals surface area contributed by atoms with Gasteiger partial charge in [-0.15, -0.1) is 0 Å². The Morgan fingerprint density at radius 3 is 2.53 bits per heavy atom. The van der Waals surface area contributed by atoms with Gasteiger partial charge >= 0.3 is 0 Å². The number of nitrogens with zero attached hydrogens (tertiary/aromatic N) is 4. The predicted octanol–water partition coefficient (Wildman–Crippen LogP) is 2.68. The number of aromatic nitrogens is 3. The molecule has 2 atom stereocenters. The molecule has 0 bridgehead atoms. The van der Waals surface area contributed by atoms with Crippen molar-refractivity contribution >= 4 is 15.8 Å². The number of benzene rings is 2. The number of hydrogen-bond donors (Lipinski definition) is 1. The Labute approximate surface area is 183 Å². The molecule has 168 valence electrons. The zero-order valence-corrected chi connectivity index (χ0v) is 17.9. The number of anilines is 1. The molecule has 1 aromatic heterocycles. The third-order valence-corrected chi connectivity index (χ3v) is 6.57. The van der Waals surface area contributed by atoms with E-state index in [9.17, 15) is 21.6 Å². The summed E-state index contributed by atoms with van der Waals surface area (Å²) in [6.07, 6.45) is 2.82. The highest BCUT2D eigenvalue weighted by molar-refractivity contribution is 7.90. The Kier molecular flexibility index (Phi) is 5.87. The van der Waals surface area contributed by atoms with Crippen molar-refractivity contribution in [2.24, 2.45) is 5.73 Å². The van der Waals surface area contributed by atoms with Crippen molar-refractivity contribution in [2.75, 3.05) is 24.2 Å². The quantitative estimate of drug-likeness (QED) is 0.594. The summed E-state index contributed by atoms with van der Waals surface area (Å²) in [7, 11) is -3.39. The summed E-state index contributed by atoms with van der Waals surface area (Å²) in [5.41, 5.74) is 6.81. The lowest BCUT2D eigenvalue weighted by atomic mass is 9.85. The summed E-state index contributed by atoms with van der Waals surface area (Å²) >= 11 is 0. The first kappa shape index (κ1) is 22.2. The van der Waals surface area contributed by atoms with Crippen LogP contribution in [0, 0.1) is 17.5 Å². The molecule has 0 spiro atoms. The van der Waals surface area contributed by atoms with Gasteiger partial charge in [0.15, 0.2) is 27.3 Å². The van der Waals surface area contributed by atoms with E-state index >= 15 is 0 Å². The molecule has 11 heteroatoms. The van der Waals surface area contributed by atoms with E-state index in [4.69, 9.17) is 5.73 Å². The molecule has 0 saturated carbocycles. The zero-order chi connectivity index (χ0) is 23.0. The average Bonchev–Trinajstić information content (AvgIpc) is 2.76. The van der Waals surface area contributed by atoms with Gasteiger partial charge in [-0.25, -0.2) is 31.6 Å². The summed E-state index contributed by atoms with van der Waals surface area (Å²) in [6, 6.07) is 7.09. The van der Waals surface area contributed by atoms with E-state index in [0.717, 1.165) is 12.3 Å². The van der Waals surface area contributed by atoms with E-state index in [1.807, 2.05) is 0 Å². The van der Waals surface area contributed by atoms with Crippen molar-refractivity contribution in [1.29, 1.82) is 0 Å². The van der Waals surface area contributed by atoms with E-state index in [1.165, 1.54) is 18.5 Å². The van der Waals surface area contributed by atoms with E-state index in [0.29, 0.717) is 36.4 Å². The van der Waals surface area contributed by atoms with Crippen LogP contribution in [0.3, 0.4) is 0 Å². The maximum Gasteiger partial charge on any atom is 0.228 e. The Morgan fingerprint density at radius 2 is 1.81 bits per heavy atom. The first-order valence-electron chi connectivity index (χ1n) is 9.78. The second kappa shape index (κ2) is 8.47. The molecule has 2 heterocycles. The summed E-state index contributed by atoms with van der Waals surface area (Å²) in [6.45, 7) is 0.666. The maximum absolute atomic E-state index is 14.2. The van der Waals surface area contributed by atoms with Gasteiger partial charge in [0.05, 0.1) is 4.90 Å². The molecule has 1 aliphatic heterocycles. The minimum atomic E-state index is -3.39. The number of hydrogen-bond acceptors (Lipinski definition) is 7. The van der Waals surface area contributed by atoms with Crippen LogP contribution in [0.25, 0.3) is 11.4 Å². The van der Waals surface area contributed by atoms with Crippen LogP contribution in [-0.4, -0.2) is 48.8 Å². The van der Waals surface area contributed by atoms with E-state index in [-0.39, 0.29) is 17.0 Å². The van der Waals surface area contributed by atoms with Crippen LogP contribution in [0.15, 0.2) is 47.6 Å². The van der Waals surface area contributed by atoms with Crippen molar-refractivity contribution in [3.05, 3.63) is 65.7 Å². The largest absolute Gasteiger partial charge is 0.339 e. The normalized spacial score (nSPS) is 19.2. The van der Waals surface area contributed by atoms with Gasteiger partial charge in [-0.05, 0) is 30.2 Å². The first-order chi connectivity index (χ1) is 15.1. The smallest absolute Gasteiger partial charge is 0.228 e. The molecule has 2 aromatic carbocycles. The minimum Gasteiger partial charge on any atom is -0.339 e. The van der Waals surface area contributed by atoms with Gasteiger partial charge in [-0.2, -0.15) is 4.98 Å². The summed E-state index contributed by atoms with van der Waals surface area (Å²) in [4.78, 5) is 14.7. The van der Waals surface area contributed by atoms with Crippen molar-refractivity contribution in [1.82, 2.24) is 15.0 Å².